The number of nitrogens with two attached hydrogens (primary N) is 1. The quantitative estimate of drug-likeness (QED) is 0.730. The molecule has 2 rings (SSSR count). The molecule has 0 aliphatic rings. The van der Waals surface area contributed by atoms with E-state index in [4.69, 9.17) is 5.73 Å². The molecule has 0 saturated carbocycles. The summed E-state index contributed by atoms with van der Waals surface area (Å²) < 4.78 is 0. The van der Waals surface area contributed by atoms with E-state index in [0.717, 1.165) is 18.5 Å². The van der Waals surface area contributed by atoms with Crippen LogP contribution in [0.1, 0.15) is 53.7 Å². The Balaban J connectivity index is 2.23. The van der Waals surface area contributed by atoms with E-state index in [1.165, 1.54) is 18.4 Å². The molecule has 1 atom stereocenters. The van der Waals surface area contributed by atoms with Gasteiger partial charge in [-0.1, -0.05) is 62.2 Å². The van der Waals surface area contributed by atoms with Crippen molar-refractivity contribution in [1.82, 2.24) is 5.32 Å². The molecule has 0 saturated heterocycles. The molecule has 0 fully saturated rings. The number of benzene rings is 2. The first-order chi connectivity index (χ1) is 10.7. The number of amides is 1. The predicted molar refractivity (Wildman–Crippen MR) is 90.8 cm³/mol. The van der Waals surface area contributed by atoms with Crippen LogP contribution in [0.25, 0.3) is 0 Å². The standard InChI is InChI=1S/C19H24N2O/c1-2-3-7-13-21-18(15-9-5-4-6-10-15)16-11-8-12-17(14-16)19(20)22/h4-6,8-12,14,18,21H,2-3,7,13H2,1H3,(H2,20,22). The van der Waals surface area contributed by atoms with Gasteiger partial charge in [-0.05, 0) is 36.2 Å². The molecule has 0 heterocycles. The zero-order chi connectivity index (χ0) is 15.8. The zero-order valence-corrected chi connectivity index (χ0v) is 13.1. The van der Waals surface area contributed by atoms with Crippen molar-refractivity contribution < 1.29 is 4.79 Å². The minimum absolute atomic E-state index is 0.0809. The van der Waals surface area contributed by atoms with E-state index in [9.17, 15) is 4.79 Å². The molecule has 0 aliphatic carbocycles. The van der Waals surface area contributed by atoms with Crippen molar-refractivity contribution >= 4 is 5.91 Å². The summed E-state index contributed by atoms with van der Waals surface area (Å²) in [7, 11) is 0. The van der Waals surface area contributed by atoms with E-state index < -0.39 is 0 Å². The lowest BCUT2D eigenvalue weighted by atomic mass is 9.96. The first-order valence-corrected chi connectivity index (χ1v) is 7.90. The maximum atomic E-state index is 11.4. The highest BCUT2D eigenvalue weighted by Gasteiger charge is 2.14. The van der Waals surface area contributed by atoms with Crippen LogP contribution in [0.5, 0.6) is 0 Å². The Kier molecular flexibility index (Phi) is 6.16. The molecule has 3 N–H and O–H groups in total. The Morgan fingerprint density at radius 1 is 1.05 bits per heavy atom. The molecular formula is C19H24N2O. The number of unbranched alkanes of at least 4 members (excludes halogenated alkanes) is 2. The molecule has 0 spiro atoms. The van der Waals surface area contributed by atoms with Crippen LogP contribution in [-0.4, -0.2) is 12.5 Å². The van der Waals surface area contributed by atoms with E-state index >= 15 is 0 Å². The summed E-state index contributed by atoms with van der Waals surface area (Å²) in [6.07, 6.45) is 3.57. The third-order valence-electron chi connectivity index (χ3n) is 3.77. The van der Waals surface area contributed by atoms with Gasteiger partial charge in [-0.25, -0.2) is 0 Å². The number of primary amides is 1. The van der Waals surface area contributed by atoms with Crippen LogP contribution >= 0.6 is 0 Å². The molecule has 1 amide bonds. The molecule has 0 radical (unpaired) electrons. The first kappa shape index (κ1) is 16.2. The fourth-order valence-electron chi connectivity index (χ4n) is 2.57. The average Bonchev–Trinajstić information content (AvgIpc) is 2.56. The molecule has 1 unspecified atom stereocenters. The van der Waals surface area contributed by atoms with Crippen molar-refractivity contribution in [3.63, 3.8) is 0 Å². The van der Waals surface area contributed by atoms with Crippen LogP contribution in [-0.2, 0) is 0 Å². The minimum atomic E-state index is -0.389. The lowest BCUT2D eigenvalue weighted by molar-refractivity contribution is 0.1000. The number of hydrogen-bond acceptors (Lipinski definition) is 2. The van der Waals surface area contributed by atoms with Gasteiger partial charge in [-0.2, -0.15) is 0 Å². The van der Waals surface area contributed by atoms with Gasteiger partial charge >= 0.3 is 0 Å². The summed E-state index contributed by atoms with van der Waals surface area (Å²) in [4.78, 5) is 11.4. The normalized spacial score (nSPS) is 12.0. The van der Waals surface area contributed by atoms with Crippen LogP contribution in [0.2, 0.25) is 0 Å². The van der Waals surface area contributed by atoms with Crippen LogP contribution in [0.4, 0.5) is 0 Å². The van der Waals surface area contributed by atoms with Crippen LogP contribution in [0.3, 0.4) is 0 Å². The van der Waals surface area contributed by atoms with Gasteiger partial charge in [0, 0.05) is 5.56 Å². The summed E-state index contributed by atoms with van der Waals surface area (Å²) in [5, 5.41) is 3.60. The van der Waals surface area contributed by atoms with Crippen molar-refractivity contribution in [3.05, 3.63) is 71.3 Å². The molecule has 0 aromatic heterocycles. The number of carbonyl (C=O) groups excluding carboxylic acids is 1. The molecular weight excluding hydrogens is 272 g/mol. The van der Waals surface area contributed by atoms with Gasteiger partial charge in [0.2, 0.25) is 5.91 Å². The Bertz CT molecular complexity index is 595. The molecule has 0 bridgehead atoms. The number of nitrogens with one attached hydrogen (secondary N) is 1. The van der Waals surface area contributed by atoms with E-state index in [2.05, 4.69) is 24.4 Å². The van der Waals surface area contributed by atoms with Crippen molar-refractivity contribution in [2.75, 3.05) is 6.54 Å². The van der Waals surface area contributed by atoms with E-state index in [1.54, 1.807) is 6.07 Å². The maximum Gasteiger partial charge on any atom is 0.248 e. The molecule has 116 valence electrons. The minimum Gasteiger partial charge on any atom is -0.366 e. The SMILES string of the molecule is CCCCCNC(c1ccccc1)c1cccc(C(N)=O)c1. The Labute approximate surface area is 132 Å². The summed E-state index contributed by atoms with van der Waals surface area (Å²) in [6.45, 7) is 3.15. The van der Waals surface area contributed by atoms with Crippen LogP contribution in [0, 0.1) is 0 Å². The average molecular weight is 296 g/mol. The third kappa shape index (κ3) is 4.43. The number of rotatable bonds is 8. The Morgan fingerprint density at radius 2 is 1.77 bits per heavy atom. The fraction of sp³-hybridized carbons (Fsp3) is 0.316. The smallest absolute Gasteiger partial charge is 0.248 e. The van der Waals surface area contributed by atoms with E-state index in [1.807, 2.05) is 36.4 Å². The van der Waals surface area contributed by atoms with Crippen molar-refractivity contribution in [2.24, 2.45) is 5.73 Å². The third-order valence-corrected chi connectivity index (χ3v) is 3.77. The van der Waals surface area contributed by atoms with Crippen molar-refractivity contribution in [2.45, 2.75) is 32.2 Å². The van der Waals surface area contributed by atoms with Crippen molar-refractivity contribution in [1.29, 1.82) is 0 Å². The summed E-state index contributed by atoms with van der Waals surface area (Å²) in [5.41, 5.74) is 8.22. The second-order valence-electron chi connectivity index (χ2n) is 5.49. The van der Waals surface area contributed by atoms with E-state index in [0.29, 0.717) is 5.56 Å². The van der Waals surface area contributed by atoms with Gasteiger partial charge in [0.05, 0.1) is 6.04 Å². The molecule has 3 heteroatoms. The summed E-state index contributed by atoms with van der Waals surface area (Å²) in [5.74, 6) is -0.389. The summed E-state index contributed by atoms with van der Waals surface area (Å²) in [6, 6.07) is 17.9. The van der Waals surface area contributed by atoms with Gasteiger partial charge in [0.15, 0.2) is 0 Å². The topological polar surface area (TPSA) is 55.1 Å². The second kappa shape index (κ2) is 8.35. The van der Waals surface area contributed by atoms with Gasteiger partial charge in [0.1, 0.15) is 0 Å². The summed E-state index contributed by atoms with van der Waals surface area (Å²) >= 11 is 0. The van der Waals surface area contributed by atoms with Crippen LogP contribution < -0.4 is 11.1 Å². The number of hydrogen-bond donors (Lipinski definition) is 2. The fourth-order valence-corrected chi connectivity index (χ4v) is 2.57. The van der Waals surface area contributed by atoms with Gasteiger partial charge < -0.3 is 11.1 Å². The Morgan fingerprint density at radius 3 is 2.45 bits per heavy atom. The molecule has 22 heavy (non-hydrogen) atoms. The van der Waals surface area contributed by atoms with Crippen molar-refractivity contribution in [3.8, 4) is 0 Å². The van der Waals surface area contributed by atoms with Crippen LogP contribution in [0.15, 0.2) is 54.6 Å². The highest BCUT2D eigenvalue weighted by molar-refractivity contribution is 5.92. The maximum absolute atomic E-state index is 11.4. The molecule has 0 aliphatic heterocycles. The lowest BCUT2D eigenvalue weighted by Crippen LogP contribution is -2.24. The highest BCUT2D eigenvalue weighted by Crippen LogP contribution is 2.23. The molecule has 3 nitrogen and oxygen atoms in total. The van der Waals surface area contributed by atoms with Gasteiger partial charge in [-0.15, -0.1) is 0 Å². The molecule has 2 aromatic carbocycles. The second-order valence-corrected chi connectivity index (χ2v) is 5.49. The monoisotopic (exact) mass is 296 g/mol. The zero-order valence-electron chi connectivity index (χ0n) is 13.1. The molecule has 2 aromatic rings. The predicted octanol–water partition coefficient (Wildman–Crippen LogP) is 3.65. The Hall–Kier alpha value is -2.13. The lowest BCUT2D eigenvalue weighted by Gasteiger charge is -2.20. The van der Waals surface area contributed by atoms with Gasteiger partial charge in [-0.3, -0.25) is 4.79 Å². The largest absolute Gasteiger partial charge is 0.366 e. The van der Waals surface area contributed by atoms with Gasteiger partial charge in [0.25, 0.3) is 0 Å². The number of carbonyl (C=O) groups is 1. The highest BCUT2D eigenvalue weighted by atomic mass is 16.1. The first-order valence-electron chi connectivity index (χ1n) is 7.90. The van der Waals surface area contributed by atoms with E-state index in [-0.39, 0.29) is 11.9 Å².